The fourth-order valence-corrected chi connectivity index (χ4v) is 7.56. The van der Waals surface area contributed by atoms with Crippen LogP contribution in [0.3, 0.4) is 0 Å². The summed E-state index contributed by atoms with van der Waals surface area (Å²) in [4.78, 5) is 54.9. The Hall–Kier alpha value is -4.51. The maximum Gasteiger partial charge on any atom is 0.408 e. The summed E-state index contributed by atoms with van der Waals surface area (Å²) in [6, 6.07) is 23.5. The largest absolute Gasteiger partial charge is 0.451 e. The predicted octanol–water partition coefficient (Wildman–Crippen LogP) is 4.15. The van der Waals surface area contributed by atoms with Crippen LogP contribution in [0.1, 0.15) is 63.5 Å². The van der Waals surface area contributed by atoms with Gasteiger partial charge in [0.2, 0.25) is 11.8 Å². The fraction of sp³-hybridized carbons (Fsp3) is 0.353. The quantitative estimate of drug-likeness (QED) is 0.282. The highest BCUT2D eigenvalue weighted by Gasteiger charge is 2.68. The molecule has 2 fully saturated rings. The molecular weight excluding hydrogens is 594 g/mol. The van der Waals surface area contributed by atoms with Gasteiger partial charge >= 0.3 is 12.1 Å². The van der Waals surface area contributed by atoms with Crippen LogP contribution in [0.25, 0.3) is 0 Å². The number of ether oxygens (including phenoxy) is 2. The number of rotatable bonds is 8. The first kappa shape index (κ1) is 31.9. The van der Waals surface area contributed by atoms with E-state index in [9.17, 15) is 23.4 Å². The molecule has 236 valence electrons. The molecule has 3 aromatic rings. The van der Waals surface area contributed by atoms with Crippen molar-refractivity contribution in [3.05, 3.63) is 108 Å². The number of amides is 3. The Balaban J connectivity index is 1.36. The van der Waals surface area contributed by atoms with Crippen molar-refractivity contribution in [1.29, 1.82) is 0 Å². The molecule has 2 unspecified atom stereocenters. The Kier molecular flexibility index (Phi) is 8.84. The minimum Gasteiger partial charge on any atom is -0.451 e. The normalized spacial score (nSPS) is 22.5. The zero-order chi connectivity index (χ0) is 32.5. The minimum absolute atomic E-state index is 0.465. The van der Waals surface area contributed by atoms with Gasteiger partial charge in [-0.25, -0.2) is 9.59 Å². The molecule has 10 nitrogen and oxygen atoms in total. The number of carbonyl (C=O) groups excluding carboxylic acids is 4. The zero-order valence-electron chi connectivity index (χ0n) is 25.8. The molecule has 3 aromatic carbocycles. The Morgan fingerprint density at radius 3 is 1.82 bits per heavy atom. The molecule has 2 saturated heterocycles. The average molecular weight is 632 g/mol. The number of β-lactam (4-membered cyclic amide) rings is 1. The van der Waals surface area contributed by atoms with Crippen LogP contribution in [0.15, 0.2) is 91.0 Å². The van der Waals surface area contributed by atoms with Gasteiger partial charge in [0, 0.05) is 0 Å². The van der Waals surface area contributed by atoms with E-state index in [1.807, 2.05) is 60.7 Å². The maximum absolute atomic E-state index is 13.9. The second kappa shape index (κ2) is 12.5. The number of fused-ring (bicyclic) bond motifs is 1. The van der Waals surface area contributed by atoms with Crippen molar-refractivity contribution in [2.24, 2.45) is 0 Å². The van der Waals surface area contributed by atoms with Crippen LogP contribution in [0, 0.1) is 0 Å². The highest BCUT2D eigenvalue weighted by molar-refractivity contribution is 7.87. The van der Waals surface area contributed by atoms with Gasteiger partial charge in [-0.15, -0.1) is 0 Å². The molecule has 0 aromatic heterocycles. The molecule has 45 heavy (non-hydrogen) atoms. The molecule has 2 N–H and O–H groups in total. The number of esters is 1. The summed E-state index contributed by atoms with van der Waals surface area (Å²) in [6.45, 7) is 8.40. The highest BCUT2D eigenvalue weighted by atomic mass is 32.2. The minimum atomic E-state index is -1.75. The van der Waals surface area contributed by atoms with Crippen LogP contribution in [0.2, 0.25) is 0 Å². The van der Waals surface area contributed by atoms with E-state index in [0.29, 0.717) is 5.56 Å². The third-order valence-electron chi connectivity index (χ3n) is 7.77. The van der Waals surface area contributed by atoms with Crippen LogP contribution in [0.5, 0.6) is 0 Å². The third-order valence-corrected chi connectivity index (χ3v) is 9.97. The summed E-state index contributed by atoms with van der Waals surface area (Å²) in [5.41, 5.74) is 1.15. The lowest BCUT2D eigenvalue weighted by atomic mass is 9.95. The lowest BCUT2D eigenvalue weighted by Gasteiger charge is -2.44. The first-order valence-electron chi connectivity index (χ1n) is 14.7. The Morgan fingerprint density at radius 2 is 1.33 bits per heavy atom. The Labute approximate surface area is 264 Å². The number of carbonyl (C=O) groups is 4. The zero-order valence-corrected chi connectivity index (χ0v) is 26.6. The second-order valence-corrected chi connectivity index (χ2v) is 14.7. The molecule has 0 aliphatic carbocycles. The van der Waals surface area contributed by atoms with Gasteiger partial charge < -0.3 is 25.0 Å². The summed E-state index contributed by atoms with van der Waals surface area (Å²) in [7, 11) is -1.75. The molecule has 0 saturated carbocycles. The van der Waals surface area contributed by atoms with Crippen LogP contribution in [-0.2, 0) is 34.7 Å². The smallest absolute Gasteiger partial charge is 0.408 e. The fourth-order valence-electron chi connectivity index (χ4n) is 5.65. The van der Waals surface area contributed by atoms with E-state index in [-0.39, 0.29) is 0 Å². The lowest BCUT2D eigenvalue weighted by molar-refractivity contribution is -0.166. The van der Waals surface area contributed by atoms with Crippen molar-refractivity contribution in [2.45, 2.75) is 74.6 Å². The Bertz CT molecular complexity index is 1550. The molecule has 3 amide bonds. The lowest BCUT2D eigenvalue weighted by Crippen LogP contribution is -2.72. The van der Waals surface area contributed by atoms with Gasteiger partial charge in [0.25, 0.3) is 0 Å². The van der Waals surface area contributed by atoms with Crippen LogP contribution < -0.4 is 10.6 Å². The van der Waals surface area contributed by atoms with Crippen LogP contribution >= 0.6 is 0 Å². The van der Waals surface area contributed by atoms with Crippen molar-refractivity contribution in [3.8, 4) is 0 Å². The third kappa shape index (κ3) is 6.49. The Morgan fingerprint density at radius 1 is 0.844 bits per heavy atom. The number of nitrogens with one attached hydrogen (secondary N) is 2. The first-order valence-corrected chi connectivity index (χ1v) is 15.9. The van der Waals surface area contributed by atoms with Gasteiger partial charge in [-0.3, -0.25) is 13.8 Å². The standard InChI is InChI=1S/C34H37N3O7S/c1-33(2,3)44-32(41)36-24(21-15-9-6-10-16-21)28(38)35-25-29(39)37-27(34(4,5)45(42)30(25)37)31(40)43-26(22-17-11-7-12-18-22)23-19-13-8-14-20-23/h6-20,24-27,30H,1-5H3,(H,35,38)(H,36,41)/t24?,25-,27+,30-,45?/m1/s1. The van der Waals surface area contributed by atoms with E-state index < -0.39 is 74.6 Å². The summed E-state index contributed by atoms with van der Waals surface area (Å²) < 4.78 is 24.1. The van der Waals surface area contributed by atoms with E-state index in [1.54, 1.807) is 65.0 Å². The predicted molar refractivity (Wildman–Crippen MR) is 168 cm³/mol. The van der Waals surface area contributed by atoms with Gasteiger partial charge in [-0.1, -0.05) is 91.0 Å². The van der Waals surface area contributed by atoms with Gasteiger partial charge in [0.15, 0.2) is 6.10 Å². The molecule has 0 spiro atoms. The van der Waals surface area contributed by atoms with E-state index >= 15 is 0 Å². The number of alkyl carbamates (subject to hydrolysis) is 1. The van der Waals surface area contributed by atoms with Crippen molar-refractivity contribution in [3.63, 3.8) is 0 Å². The molecule has 2 aliphatic heterocycles. The van der Waals surface area contributed by atoms with Crippen molar-refractivity contribution in [1.82, 2.24) is 15.5 Å². The number of hydrogen-bond donors (Lipinski definition) is 2. The molecule has 0 radical (unpaired) electrons. The summed E-state index contributed by atoms with van der Waals surface area (Å²) in [5.74, 6) is -1.94. The summed E-state index contributed by atoms with van der Waals surface area (Å²) >= 11 is 0. The molecule has 2 heterocycles. The van der Waals surface area contributed by atoms with Crippen LogP contribution in [-0.4, -0.2) is 60.8 Å². The summed E-state index contributed by atoms with van der Waals surface area (Å²) in [5, 5.41) is 4.30. The summed E-state index contributed by atoms with van der Waals surface area (Å²) in [6.07, 6.45) is -1.56. The highest BCUT2D eigenvalue weighted by Crippen LogP contribution is 2.44. The van der Waals surface area contributed by atoms with Gasteiger partial charge in [0.05, 0.1) is 15.5 Å². The topological polar surface area (TPSA) is 131 Å². The van der Waals surface area contributed by atoms with Gasteiger partial charge in [-0.05, 0) is 51.3 Å². The van der Waals surface area contributed by atoms with E-state index in [1.165, 1.54) is 4.90 Å². The second-order valence-electron chi connectivity index (χ2n) is 12.6. The first-order chi connectivity index (χ1) is 21.3. The van der Waals surface area contributed by atoms with E-state index in [2.05, 4.69) is 10.6 Å². The monoisotopic (exact) mass is 631 g/mol. The SMILES string of the molecule is CC(C)(C)OC(=O)NC(C(=O)N[C@@H]1C(=O)N2[C@@H]1S(=O)C(C)(C)[C@@H]2C(=O)OC(c1ccccc1)c1ccccc1)c1ccccc1. The van der Waals surface area contributed by atoms with Gasteiger partial charge in [0.1, 0.15) is 29.1 Å². The molecular formula is C34H37N3O7S. The van der Waals surface area contributed by atoms with Crippen LogP contribution in [0.4, 0.5) is 4.79 Å². The molecule has 0 bridgehead atoms. The molecule has 2 aliphatic rings. The van der Waals surface area contributed by atoms with Crippen molar-refractivity contribution in [2.75, 3.05) is 0 Å². The number of nitrogens with zero attached hydrogens (tertiary/aromatic N) is 1. The number of hydrogen-bond acceptors (Lipinski definition) is 7. The number of benzene rings is 3. The molecule has 11 heteroatoms. The average Bonchev–Trinajstić information content (AvgIpc) is 3.20. The maximum atomic E-state index is 13.9. The molecule has 5 rings (SSSR count). The van der Waals surface area contributed by atoms with Crippen molar-refractivity contribution >= 4 is 34.7 Å². The molecule has 5 atom stereocenters. The van der Waals surface area contributed by atoms with E-state index in [0.717, 1.165) is 11.1 Å². The van der Waals surface area contributed by atoms with Gasteiger partial charge in [-0.2, -0.15) is 0 Å². The van der Waals surface area contributed by atoms with E-state index in [4.69, 9.17) is 9.47 Å². The van der Waals surface area contributed by atoms with Crippen molar-refractivity contribution < 1.29 is 32.9 Å².